The van der Waals surface area contributed by atoms with Gasteiger partial charge in [-0.15, -0.1) is 0 Å². The highest BCUT2D eigenvalue weighted by Gasteiger charge is 2.37. The van der Waals surface area contributed by atoms with Crippen molar-refractivity contribution >= 4 is 18.3 Å². The van der Waals surface area contributed by atoms with Gasteiger partial charge in [0.05, 0.1) is 12.1 Å². The first kappa shape index (κ1) is 23.5. The molecule has 1 heterocycles. The highest BCUT2D eigenvalue weighted by Crippen LogP contribution is 2.27. The molecule has 0 saturated heterocycles. The number of hydrogen-bond acceptors (Lipinski definition) is 5. The van der Waals surface area contributed by atoms with Gasteiger partial charge in [-0.1, -0.05) is 17.7 Å². The lowest BCUT2D eigenvalue weighted by molar-refractivity contribution is -0.125. The maximum Gasteiger partial charge on any atom is 0.290 e. The Balaban J connectivity index is 0.00000101. The molecule has 0 spiro atoms. The zero-order chi connectivity index (χ0) is 21.8. The fourth-order valence-corrected chi connectivity index (χ4v) is 3.88. The van der Waals surface area contributed by atoms with Crippen molar-refractivity contribution in [1.29, 1.82) is 0 Å². The van der Waals surface area contributed by atoms with Crippen LogP contribution in [0.1, 0.15) is 50.5 Å². The van der Waals surface area contributed by atoms with Crippen molar-refractivity contribution in [3.05, 3.63) is 41.7 Å². The molecule has 1 saturated carbocycles. The molecule has 2 amide bonds. The van der Waals surface area contributed by atoms with Crippen LogP contribution in [-0.4, -0.2) is 52.2 Å². The Kier molecular flexibility index (Phi) is 10.00. The molecule has 164 valence electrons. The second kappa shape index (κ2) is 12.7. The number of aryl methyl sites for hydroxylation is 1. The predicted octanol–water partition coefficient (Wildman–Crippen LogP) is 1.59. The van der Waals surface area contributed by atoms with Crippen molar-refractivity contribution in [3.63, 3.8) is 0 Å². The monoisotopic (exact) mass is 417 g/mol. The van der Waals surface area contributed by atoms with E-state index in [9.17, 15) is 14.7 Å². The number of nitrogens with one attached hydrogen (secondary N) is 2. The van der Waals surface area contributed by atoms with Gasteiger partial charge in [0.25, 0.3) is 6.47 Å². The Morgan fingerprint density at radius 1 is 1.27 bits per heavy atom. The number of carboxylic acid groups (broad SMARTS) is 1. The van der Waals surface area contributed by atoms with Crippen LogP contribution in [0.4, 0.5) is 0 Å². The summed E-state index contributed by atoms with van der Waals surface area (Å²) in [6.45, 7) is 0.355. The van der Waals surface area contributed by atoms with E-state index in [1.165, 1.54) is 18.4 Å². The molecule has 2 aliphatic rings. The van der Waals surface area contributed by atoms with E-state index in [4.69, 9.17) is 9.90 Å². The molecule has 8 heteroatoms. The minimum atomic E-state index is -0.669. The van der Waals surface area contributed by atoms with Gasteiger partial charge in [0, 0.05) is 31.3 Å². The van der Waals surface area contributed by atoms with E-state index in [0.29, 0.717) is 32.2 Å². The summed E-state index contributed by atoms with van der Waals surface area (Å²) in [6, 6.07) is 3.43. The average Bonchev–Trinajstić information content (AvgIpc) is 3.13. The topological polar surface area (TPSA) is 129 Å². The molecule has 3 rings (SSSR count). The predicted molar refractivity (Wildman–Crippen MR) is 111 cm³/mol. The maximum absolute atomic E-state index is 12.4. The number of carbonyl (C=O) groups excluding carboxylic acids is 2. The van der Waals surface area contributed by atoms with Crippen molar-refractivity contribution < 1.29 is 24.6 Å². The Bertz CT molecular complexity index is 723. The van der Waals surface area contributed by atoms with Crippen molar-refractivity contribution in [2.75, 3.05) is 6.54 Å². The van der Waals surface area contributed by atoms with Gasteiger partial charge in [0.1, 0.15) is 0 Å². The van der Waals surface area contributed by atoms with Gasteiger partial charge >= 0.3 is 0 Å². The molecule has 0 radical (unpaired) electrons. The van der Waals surface area contributed by atoms with Gasteiger partial charge in [0.2, 0.25) is 11.8 Å². The first-order valence-corrected chi connectivity index (χ1v) is 10.4. The SMILES string of the molecule is O=C(CCc1cccnc1)N[C@H]1C[C@H](C(=O)NCC2=CCCCC2)C[C@@H]1O.O=CO. The number of allylic oxidation sites excluding steroid dienone is 1. The van der Waals surface area contributed by atoms with Gasteiger partial charge in [0.15, 0.2) is 0 Å². The van der Waals surface area contributed by atoms with Gasteiger partial charge in [-0.25, -0.2) is 0 Å². The fourth-order valence-electron chi connectivity index (χ4n) is 3.88. The average molecular weight is 418 g/mol. The molecule has 3 atom stereocenters. The lowest BCUT2D eigenvalue weighted by atomic mass is 9.99. The molecule has 0 bridgehead atoms. The quantitative estimate of drug-likeness (QED) is 0.394. The molecule has 8 nitrogen and oxygen atoms in total. The Morgan fingerprint density at radius 3 is 2.73 bits per heavy atom. The maximum atomic E-state index is 12.4. The minimum absolute atomic E-state index is 0.0207. The molecule has 0 unspecified atom stereocenters. The third kappa shape index (κ3) is 7.94. The van der Waals surface area contributed by atoms with E-state index in [0.717, 1.165) is 18.4 Å². The zero-order valence-corrected chi connectivity index (χ0v) is 17.1. The number of aliphatic hydroxyl groups excluding tert-OH is 1. The molecule has 0 aliphatic heterocycles. The highest BCUT2D eigenvalue weighted by atomic mass is 16.3. The number of nitrogens with zero attached hydrogens (tertiary/aromatic N) is 1. The molecule has 0 aromatic carbocycles. The standard InChI is InChI=1S/C21H29N3O3.CH2O2/c25-19-12-17(21(27)23-14-15-5-2-1-3-6-15)11-18(19)24-20(26)9-8-16-7-4-10-22-13-16;2-1-3/h4-5,7,10,13,17-19,25H,1-3,6,8-9,11-12,14H2,(H,23,27)(H,24,26);1H,(H,2,3)/t17-,18-,19-;/m0./s1. The summed E-state index contributed by atoms with van der Waals surface area (Å²) in [5, 5.41) is 23.0. The third-order valence-electron chi connectivity index (χ3n) is 5.48. The molecular formula is C22H31N3O5. The van der Waals surface area contributed by atoms with Crippen LogP contribution in [-0.2, 0) is 20.8 Å². The zero-order valence-electron chi connectivity index (χ0n) is 17.1. The summed E-state index contributed by atoms with van der Waals surface area (Å²) >= 11 is 0. The third-order valence-corrected chi connectivity index (χ3v) is 5.48. The summed E-state index contributed by atoms with van der Waals surface area (Å²) in [5.41, 5.74) is 2.31. The summed E-state index contributed by atoms with van der Waals surface area (Å²) in [7, 11) is 0. The van der Waals surface area contributed by atoms with Crippen LogP contribution in [0.3, 0.4) is 0 Å². The number of aromatic nitrogens is 1. The minimum Gasteiger partial charge on any atom is -0.483 e. The van der Waals surface area contributed by atoms with Crippen LogP contribution >= 0.6 is 0 Å². The number of rotatable bonds is 7. The van der Waals surface area contributed by atoms with Crippen LogP contribution in [0.2, 0.25) is 0 Å². The molecule has 1 fully saturated rings. The lowest BCUT2D eigenvalue weighted by Gasteiger charge is -2.17. The van der Waals surface area contributed by atoms with E-state index >= 15 is 0 Å². The Hall–Kier alpha value is -2.74. The van der Waals surface area contributed by atoms with Gasteiger partial charge in [-0.05, 0) is 56.6 Å². The summed E-state index contributed by atoms with van der Waals surface area (Å²) in [4.78, 5) is 37.0. The molecule has 2 aliphatic carbocycles. The largest absolute Gasteiger partial charge is 0.483 e. The van der Waals surface area contributed by atoms with E-state index < -0.39 is 6.10 Å². The van der Waals surface area contributed by atoms with Crippen LogP contribution in [0.25, 0.3) is 0 Å². The number of hydrogen-bond donors (Lipinski definition) is 4. The lowest BCUT2D eigenvalue weighted by Crippen LogP contribution is -2.40. The van der Waals surface area contributed by atoms with Gasteiger partial charge in [-0.3, -0.25) is 19.4 Å². The summed E-state index contributed by atoms with van der Waals surface area (Å²) in [6.07, 6.45) is 11.4. The van der Waals surface area contributed by atoms with Crippen molar-refractivity contribution in [3.8, 4) is 0 Å². The fraction of sp³-hybridized carbons (Fsp3) is 0.545. The second-order valence-electron chi connectivity index (χ2n) is 7.70. The Morgan fingerprint density at radius 2 is 2.07 bits per heavy atom. The molecule has 1 aromatic heterocycles. The van der Waals surface area contributed by atoms with Crippen LogP contribution in [0, 0.1) is 5.92 Å². The number of carbonyl (C=O) groups is 3. The van der Waals surface area contributed by atoms with Crippen molar-refractivity contribution in [2.24, 2.45) is 5.92 Å². The second-order valence-corrected chi connectivity index (χ2v) is 7.70. The number of aliphatic hydroxyl groups is 1. The number of amides is 2. The van der Waals surface area contributed by atoms with E-state index in [1.807, 2.05) is 12.1 Å². The van der Waals surface area contributed by atoms with Crippen molar-refractivity contribution in [1.82, 2.24) is 15.6 Å². The molecule has 30 heavy (non-hydrogen) atoms. The first-order valence-electron chi connectivity index (χ1n) is 10.4. The normalized spacial score (nSPS) is 22.8. The van der Waals surface area contributed by atoms with Crippen molar-refractivity contribution in [2.45, 2.75) is 63.5 Å². The first-order chi connectivity index (χ1) is 14.5. The van der Waals surface area contributed by atoms with Crippen LogP contribution in [0.5, 0.6) is 0 Å². The smallest absolute Gasteiger partial charge is 0.290 e. The van der Waals surface area contributed by atoms with Gasteiger partial charge < -0.3 is 20.8 Å². The van der Waals surface area contributed by atoms with E-state index in [-0.39, 0.29) is 30.2 Å². The molecular weight excluding hydrogens is 386 g/mol. The van der Waals surface area contributed by atoms with Crippen LogP contribution in [0.15, 0.2) is 36.2 Å². The molecule has 4 N–H and O–H groups in total. The number of pyridine rings is 1. The Labute approximate surface area is 176 Å². The van der Waals surface area contributed by atoms with Crippen LogP contribution < -0.4 is 10.6 Å². The molecule has 1 aromatic rings. The summed E-state index contributed by atoms with van der Waals surface area (Å²) < 4.78 is 0. The van der Waals surface area contributed by atoms with E-state index in [2.05, 4.69) is 21.7 Å². The summed E-state index contributed by atoms with van der Waals surface area (Å²) in [5.74, 6) is -0.364. The van der Waals surface area contributed by atoms with Gasteiger partial charge in [-0.2, -0.15) is 0 Å². The highest BCUT2D eigenvalue weighted by molar-refractivity contribution is 5.80. The van der Waals surface area contributed by atoms with E-state index in [1.54, 1.807) is 12.4 Å².